The molecule has 0 bridgehead atoms. The van der Waals surface area contributed by atoms with Crippen molar-refractivity contribution in [1.29, 1.82) is 0 Å². The minimum absolute atomic E-state index is 0.539. The molecule has 0 spiro atoms. The highest BCUT2D eigenvalue weighted by molar-refractivity contribution is 5.48. The molecular formula is C7H8FN. The van der Waals surface area contributed by atoms with Gasteiger partial charge in [-0.05, 0) is 18.6 Å². The first-order valence-electron chi connectivity index (χ1n) is 2.77. The van der Waals surface area contributed by atoms with Crippen LogP contribution in [-0.4, -0.2) is 0 Å². The molecule has 48 valence electrons. The molecule has 0 fully saturated rings. The zero-order valence-corrected chi connectivity index (χ0v) is 5.19. The molecule has 2 heteroatoms. The molecule has 0 saturated heterocycles. The van der Waals surface area contributed by atoms with Crippen molar-refractivity contribution in [2.75, 3.05) is 5.54 Å². The predicted molar refractivity (Wildman–Crippen MR) is 35.9 cm³/mol. The summed E-state index contributed by atoms with van der Waals surface area (Å²) in [5.74, 6) is 0. The van der Waals surface area contributed by atoms with Crippen LogP contribution in [0.15, 0.2) is 24.3 Å². The highest BCUT2D eigenvalue weighted by Crippen LogP contribution is 2.12. The lowest BCUT2D eigenvalue weighted by Crippen LogP contribution is -1.83. The molecule has 1 aromatic rings. The van der Waals surface area contributed by atoms with E-state index >= 15 is 0 Å². The fourth-order valence-corrected chi connectivity index (χ4v) is 0.679. The van der Waals surface area contributed by atoms with Gasteiger partial charge in [-0.3, -0.25) is 0 Å². The normalized spacial score (nSPS) is 9.11. The van der Waals surface area contributed by atoms with Crippen molar-refractivity contribution in [3.05, 3.63) is 29.8 Å². The van der Waals surface area contributed by atoms with E-state index in [1.54, 1.807) is 17.7 Å². The van der Waals surface area contributed by atoms with Crippen LogP contribution in [0.2, 0.25) is 0 Å². The van der Waals surface area contributed by atoms with E-state index in [1.165, 1.54) is 0 Å². The number of rotatable bonds is 1. The van der Waals surface area contributed by atoms with Gasteiger partial charge in [0.25, 0.3) is 0 Å². The Labute approximate surface area is 53.4 Å². The van der Waals surface area contributed by atoms with Crippen LogP contribution in [0.5, 0.6) is 0 Å². The first-order chi connectivity index (χ1) is 4.34. The minimum Gasteiger partial charge on any atom is -0.224 e. The Morgan fingerprint density at radius 2 is 2.00 bits per heavy atom. The molecule has 0 aliphatic rings. The van der Waals surface area contributed by atoms with Gasteiger partial charge in [-0.15, -0.1) is 4.48 Å². The molecule has 0 amide bonds. The van der Waals surface area contributed by atoms with Crippen molar-refractivity contribution in [3.8, 4) is 0 Å². The zero-order chi connectivity index (χ0) is 6.69. The molecule has 1 rings (SSSR count). The molecule has 0 unspecified atom stereocenters. The van der Waals surface area contributed by atoms with E-state index in [-0.39, 0.29) is 0 Å². The second kappa shape index (κ2) is 2.49. The summed E-state index contributed by atoms with van der Waals surface area (Å²) in [4.78, 5) is 0. The molecule has 0 aromatic heterocycles. The highest BCUT2D eigenvalue weighted by atomic mass is 19.2. The Kier molecular flexibility index (Phi) is 1.68. The van der Waals surface area contributed by atoms with Crippen LogP contribution in [0, 0.1) is 6.92 Å². The van der Waals surface area contributed by atoms with E-state index < -0.39 is 0 Å². The number of hydrogen-bond acceptors (Lipinski definition) is 1. The number of nitrogens with one attached hydrogen (secondary N) is 1. The minimum atomic E-state index is 0.539. The molecule has 0 atom stereocenters. The molecule has 0 saturated carbocycles. The van der Waals surface area contributed by atoms with Crippen LogP contribution in [0.1, 0.15) is 5.56 Å². The van der Waals surface area contributed by atoms with Gasteiger partial charge in [0.2, 0.25) is 0 Å². The smallest absolute Gasteiger partial charge is 0.0684 e. The Morgan fingerprint density at radius 1 is 1.33 bits per heavy atom. The number of para-hydroxylation sites is 1. The van der Waals surface area contributed by atoms with E-state index in [0.29, 0.717) is 5.69 Å². The van der Waals surface area contributed by atoms with Crippen LogP contribution >= 0.6 is 0 Å². The number of aryl methyl sites for hydroxylation is 1. The lowest BCUT2D eigenvalue weighted by atomic mass is 10.2. The largest absolute Gasteiger partial charge is 0.224 e. The molecule has 0 heterocycles. The summed E-state index contributed by atoms with van der Waals surface area (Å²) in [7, 11) is 0. The van der Waals surface area contributed by atoms with Gasteiger partial charge in [0.1, 0.15) is 0 Å². The maximum Gasteiger partial charge on any atom is 0.0684 e. The maximum absolute atomic E-state index is 11.7. The van der Waals surface area contributed by atoms with Crippen LogP contribution < -0.4 is 5.54 Å². The molecule has 1 N–H and O–H groups in total. The Hall–Kier alpha value is -1.05. The molecule has 1 nitrogen and oxygen atoms in total. The van der Waals surface area contributed by atoms with Gasteiger partial charge in [0.15, 0.2) is 0 Å². The standard InChI is InChI=1S/C7H8FN/c1-6-4-2-3-5-7(6)9-8/h2-5,9H,1H3. The predicted octanol–water partition coefficient (Wildman–Crippen LogP) is 2.29. The molecule has 9 heavy (non-hydrogen) atoms. The molecule has 0 radical (unpaired) electrons. The topological polar surface area (TPSA) is 12.0 Å². The van der Waals surface area contributed by atoms with Gasteiger partial charge in [0.05, 0.1) is 5.69 Å². The van der Waals surface area contributed by atoms with E-state index in [0.717, 1.165) is 5.56 Å². The molecular weight excluding hydrogens is 117 g/mol. The summed E-state index contributed by atoms with van der Waals surface area (Å²) in [6.07, 6.45) is 0. The number of benzene rings is 1. The van der Waals surface area contributed by atoms with Crippen molar-refractivity contribution in [1.82, 2.24) is 0 Å². The molecule has 0 aliphatic carbocycles. The van der Waals surface area contributed by atoms with E-state index in [2.05, 4.69) is 0 Å². The van der Waals surface area contributed by atoms with Crippen molar-refractivity contribution in [2.24, 2.45) is 0 Å². The van der Waals surface area contributed by atoms with Crippen LogP contribution in [0.3, 0.4) is 0 Å². The summed E-state index contributed by atoms with van der Waals surface area (Å²) in [6, 6.07) is 7.20. The highest BCUT2D eigenvalue weighted by Gasteiger charge is 1.90. The maximum atomic E-state index is 11.7. The van der Waals surface area contributed by atoms with Gasteiger partial charge in [-0.25, -0.2) is 5.54 Å². The van der Waals surface area contributed by atoms with Gasteiger partial charge in [-0.2, -0.15) is 0 Å². The van der Waals surface area contributed by atoms with Crippen LogP contribution in [-0.2, 0) is 0 Å². The lowest BCUT2D eigenvalue weighted by molar-refractivity contribution is 0.616. The number of hydrogen-bond donors (Lipinski definition) is 1. The number of anilines is 1. The van der Waals surface area contributed by atoms with Gasteiger partial charge >= 0.3 is 0 Å². The lowest BCUT2D eigenvalue weighted by Gasteiger charge is -1.97. The molecule has 0 aliphatic heterocycles. The van der Waals surface area contributed by atoms with Gasteiger partial charge in [-0.1, -0.05) is 18.2 Å². The van der Waals surface area contributed by atoms with Crippen molar-refractivity contribution in [2.45, 2.75) is 6.92 Å². The average molecular weight is 125 g/mol. The van der Waals surface area contributed by atoms with E-state index in [9.17, 15) is 4.48 Å². The van der Waals surface area contributed by atoms with E-state index in [1.807, 2.05) is 19.1 Å². The third-order valence-corrected chi connectivity index (χ3v) is 1.25. The third kappa shape index (κ3) is 1.19. The second-order valence-electron chi connectivity index (χ2n) is 1.91. The van der Waals surface area contributed by atoms with Crippen molar-refractivity contribution >= 4 is 5.69 Å². The third-order valence-electron chi connectivity index (χ3n) is 1.25. The SMILES string of the molecule is Cc1ccccc1NF. The second-order valence-corrected chi connectivity index (χ2v) is 1.91. The number of halogens is 1. The quantitative estimate of drug-likeness (QED) is 0.568. The summed E-state index contributed by atoms with van der Waals surface area (Å²) in [6.45, 7) is 1.85. The van der Waals surface area contributed by atoms with Crippen LogP contribution in [0.25, 0.3) is 0 Å². The van der Waals surface area contributed by atoms with Crippen LogP contribution in [0.4, 0.5) is 10.2 Å². The zero-order valence-electron chi connectivity index (χ0n) is 5.19. The Morgan fingerprint density at radius 3 is 2.44 bits per heavy atom. The summed E-state index contributed by atoms with van der Waals surface area (Å²) >= 11 is 0. The summed E-state index contributed by atoms with van der Waals surface area (Å²) in [5, 5.41) is 0. The Bertz CT molecular complexity index is 198. The van der Waals surface area contributed by atoms with Crippen molar-refractivity contribution < 1.29 is 4.48 Å². The first-order valence-corrected chi connectivity index (χ1v) is 2.77. The molecule has 1 aromatic carbocycles. The van der Waals surface area contributed by atoms with Crippen molar-refractivity contribution in [3.63, 3.8) is 0 Å². The Balaban J connectivity index is 3.01. The fourth-order valence-electron chi connectivity index (χ4n) is 0.679. The van der Waals surface area contributed by atoms with E-state index in [4.69, 9.17) is 0 Å². The summed E-state index contributed by atoms with van der Waals surface area (Å²) in [5.41, 5.74) is 3.05. The monoisotopic (exact) mass is 125 g/mol. The van der Waals surface area contributed by atoms with Gasteiger partial charge in [0, 0.05) is 0 Å². The first kappa shape index (κ1) is 6.08. The fraction of sp³-hybridized carbons (Fsp3) is 0.143. The van der Waals surface area contributed by atoms with Gasteiger partial charge < -0.3 is 0 Å². The summed E-state index contributed by atoms with van der Waals surface area (Å²) < 4.78 is 11.7. The average Bonchev–Trinajstić information content (AvgIpc) is 1.89.